The highest BCUT2D eigenvalue weighted by Crippen LogP contribution is 2.22. The average Bonchev–Trinajstić information content (AvgIpc) is 3.17. The summed E-state index contributed by atoms with van der Waals surface area (Å²) >= 11 is 0. The predicted molar refractivity (Wildman–Crippen MR) is 111 cm³/mol. The van der Waals surface area contributed by atoms with Crippen LogP contribution in [0.25, 0.3) is 10.9 Å². The van der Waals surface area contributed by atoms with E-state index in [2.05, 4.69) is 21.3 Å². The summed E-state index contributed by atoms with van der Waals surface area (Å²) in [6.45, 7) is 3.44. The van der Waals surface area contributed by atoms with Gasteiger partial charge in [-0.2, -0.15) is 0 Å². The molecule has 152 valence electrons. The fourth-order valence-corrected chi connectivity index (χ4v) is 3.92. The van der Waals surface area contributed by atoms with Crippen LogP contribution >= 0.6 is 0 Å². The van der Waals surface area contributed by atoms with Gasteiger partial charge in [0, 0.05) is 43.2 Å². The summed E-state index contributed by atoms with van der Waals surface area (Å²) in [5, 5.41) is 4.24. The second-order valence-electron chi connectivity index (χ2n) is 7.38. The zero-order valence-electron chi connectivity index (χ0n) is 16.4. The largest absolute Gasteiger partial charge is 0.379 e. The number of aromatic amines is 1. The summed E-state index contributed by atoms with van der Waals surface area (Å²) < 4.78 is 18.8. The Labute approximate surface area is 169 Å². The molecule has 2 heterocycles. The molecule has 1 saturated heterocycles. The van der Waals surface area contributed by atoms with Gasteiger partial charge in [-0.1, -0.05) is 30.3 Å². The van der Waals surface area contributed by atoms with Gasteiger partial charge in [0.15, 0.2) is 0 Å². The van der Waals surface area contributed by atoms with Crippen LogP contribution in [-0.2, 0) is 16.0 Å². The second-order valence-corrected chi connectivity index (χ2v) is 7.38. The first-order valence-electron chi connectivity index (χ1n) is 10.1. The monoisotopic (exact) mass is 395 g/mol. The van der Waals surface area contributed by atoms with E-state index < -0.39 is 0 Å². The van der Waals surface area contributed by atoms with Crippen molar-refractivity contribution in [3.63, 3.8) is 0 Å². The lowest BCUT2D eigenvalue weighted by atomic mass is 10.0. The van der Waals surface area contributed by atoms with Crippen molar-refractivity contribution in [2.24, 2.45) is 0 Å². The van der Waals surface area contributed by atoms with Crippen LogP contribution in [-0.4, -0.2) is 48.6 Å². The molecule has 2 N–H and O–H groups in total. The molecule has 0 aliphatic carbocycles. The number of morpholine rings is 1. The van der Waals surface area contributed by atoms with Gasteiger partial charge < -0.3 is 15.0 Å². The number of aromatic nitrogens is 1. The van der Waals surface area contributed by atoms with E-state index in [-0.39, 0.29) is 17.8 Å². The number of aryl methyl sites for hydroxylation is 1. The number of carbonyl (C=O) groups is 1. The van der Waals surface area contributed by atoms with Crippen molar-refractivity contribution in [2.75, 3.05) is 32.8 Å². The van der Waals surface area contributed by atoms with Crippen molar-refractivity contribution >= 4 is 16.8 Å². The van der Waals surface area contributed by atoms with Crippen LogP contribution in [0.15, 0.2) is 54.7 Å². The maximum Gasteiger partial charge on any atom is 0.220 e. The molecule has 1 aliphatic heterocycles. The first-order valence-corrected chi connectivity index (χ1v) is 10.1. The molecular formula is C23H26FN3O2. The molecule has 0 bridgehead atoms. The summed E-state index contributed by atoms with van der Waals surface area (Å²) in [5.41, 5.74) is 3.25. The molecule has 1 aromatic heterocycles. The number of nitrogens with zero attached hydrogens (tertiary/aromatic N) is 1. The minimum Gasteiger partial charge on any atom is -0.379 e. The molecule has 0 radical (unpaired) electrons. The van der Waals surface area contributed by atoms with E-state index in [0.29, 0.717) is 32.6 Å². The van der Waals surface area contributed by atoms with Gasteiger partial charge in [0.05, 0.1) is 19.3 Å². The molecule has 1 amide bonds. The van der Waals surface area contributed by atoms with Crippen molar-refractivity contribution in [1.29, 1.82) is 0 Å². The molecule has 0 spiro atoms. The number of hydrogen-bond donors (Lipinski definition) is 2. The van der Waals surface area contributed by atoms with E-state index >= 15 is 0 Å². The Balaban J connectivity index is 1.37. The third kappa shape index (κ3) is 4.83. The second kappa shape index (κ2) is 9.20. The van der Waals surface area contributed by atoms with Gasteiger partial charge in [0.25, 0.3) is 0 Å². The summed E-state index contributed by atoms with van der Waals surface area (Å²) in [4.78, 5) is 18.1. The number of hydrogen-bond acceptors (Lipinski definition) is 3. The van der Waals surface area contributed by atoms with E-state index in [0.717, 1.165) is 35.1 Å². The Morgan fingerprint density at radius 3 is 2.69 bits per heavy atom. The Bertz CT molecular complexity index is 948. The number of benzene rings is 2. The molecule has 0 unspecified atom stereocenters. The van der Waals surface area contributed by atoms with Gasteiger partial charge in [-0.25, -0.2) is 4.39 Å². The number of ether oxygens (including phenoxy) is 1. The van der Waals surface area contributed by atoms with Gasteiger partial charge in [-0.05, 0) is 35.7 Å². The Kier molecular flexibility index (Phi) is 6.22. The smallest absolute Gasteiger partial charge is 0.220 e. The third-order valence-electron chi connectivity index (χ3n) is 5.53. The van der Waals surface area contributed by atoms with Crippen LogP contribution < -0.4 is 5.32 Å². The van der Waals surface area contributed by atoms with Crippen LogP contribution in [0.2, 0.25) is 0 Å². The van der Waals surface area contributed by atoms with Crippen LogP contribution in [0.3, 0.4) is 0 Å². The van der Waals surface area contributed by atoms with Crippen LogP contribution in [0.4, 0.5) is 4.39 Å². The van der Waals surface area contributed by atoms with Crippen LogP contribution in [0.5, 0.6) is 0 Å². The maximum atomic E-state index is 13.3. The molecule has 2 aromatic carbocycles. The van der Waals surface area contributed by atoms with Crippen LogP contribution in [0, 0.1) is 5.82 Å². The molecule has 1 fully saturated rings. The number of nitrogens with one attached hydrogen (secondary N) is 2. The van der Waals surface area contributed by atoms with E-state index in [1.165, 1.54) is 12.1 Å². The minimum atomic E-state index is -0.253. The van der Waals surface area contributed by atoms with Gasteiger partial charge >= 0.3 is 0 Å². The zero-order chi connectivity index (χ0) is 20.1. The fraction of sp³-hybridized carbons (Fsp3) is 0.348. The zero-order valence-corrected chi connectivity index (χ0v) is 16.4. The maximum absolute atomic E-state index is 13.3. The summed E-state index contributed by atoms with van der Waals surface area (Å²) in [6, 6.07) is 14.7. The highest BCUT2D eigenvalue weighted by Gasteiger charge is 2.23. The molecule has 6 heteroatoms. The minimum absolute atomic E-state index is 0.0107. The number of carbonyl (C=O) groups excluding carboxylic acids is 1. The van der Waals surface area contributed by atoms with E-state index in [9.17, 15) is 9.18 Å². The number of rotatable bonds is 7. The van der Waals surface area contributed by atoms with Gasteiger partial charge in [0.1, 0.15) is 5.82 Å². The lowest BCUT2D eigenvalue weighted by Crippen LogP contribution is -2.43. The number of fused-ring (bicyclic) bond motifs is 1. The number of halogens is 1. The number of amides is 1. The molecule has 1 aliphatic rings. The average molecular weight is 395 g/mol. The van der Waals surface area contributed by atoms with Gasteiger partial charge in [-0.3, -0.25) is 9.69 Å². The summed E-state index contributed by atoms with van der Waals surface area (Å²) in [5.74, 6) is -0.229. The molecule has 5 nitrogen and oxygen atoms in total. The molecule has 0 saturated carbocycles. The molecule has 3 aromatic rings. The first kappa shape index (κ1) is 19.6. The van der Waals surface area contributed by atoms with E-state index in [1.807, 2.05) is 24.4 Å². The third-order valence-corrected chi connectivity index (χ3v) is 5.53. The molecule has 1 atom stereocenters. The lowest BCUT2D eigenvalue weighted by molar-refractivity contribution is -0.121. The predicted octanol–water partition coefficient (Wildman–Crippen LogP) is 3.43. The summed E-state index contributed by atoms with van der Waals surface area (Å²) in [7, 11) is 0. The lowest BCUT2D eigenvalue weighted by Gasteiger charge is -2.35. The van der Waals surface area contributed by atoms with Crippen molar-refractivity contribution in [3.05, 3.63) is 71.7 Å². The first-order chi connectivity index (χ1) is 14.2. The van der Waals surface area contributed by atoms with E-state index in [4.69, 9.17) is 4.74 Å². The highest BCUT2D eigenvalue weighted by molar-refractivity contribution is 5.84. The molecular weight excluding hydrogens is 369 g/mol. The fourth-order valence-electron chi connectivity index (χ4n) is 3.92. The molecule has 4 rings (SSSR count). The van der Waals surface area contributed by atoms with E-state index in [1.54, 1.807) is 12.1 Å². The van der Waals surface area contributed by atoms with Crippen LogP contribution in [0.1, 0.15) is 23.6 Å². The number of H-pyrrole nitrogens is 1. The van der Waals surface area contributed by atoms with Crippen molar-refractivity contribution < 1.29 is 13.9 Å². The standard InChI is InChI=1S/C23H26FN3O2/c24-19-8-5-17(6-9-19)22(27-11-13-29-14-12-27)16-26-23(28)10-7-18-15-25-21-4-2-1-3-20(18)21/h1-6,8-9,15,22,25H,7,10-14,16H2,(H,26,28)/t22-/m1/s1. The van der Waals surface area contributed by atoms with Crippen molar-refractivity contribution in [2.45, 2.75) is 18.9 Å². The quantitative estimate of drug-likeness (QED) is 0.644. The Hall–Kier alpha value is -2.70. The molecule has 29 heavy (non-hydrogen) atoms. The number of para-hydroxylation sites is 1. The van der Waals surface area contributed by atoms with Gasteiger partial charge in [-0.15, -0.1) is 0 Å². The normalized spacial score (nSPS) is 16.0. The van der Waals surface area contributed by atoms with Crippen molar-refractivity contribution in [1.82, 2.24) is 15.2 Å². The Morgan fingerprint density at radius 2 is 1.90 bits per heavy atom. The van der Waals surface area contributed by atoms with Crippen molar-refractivity contribution in [3.8, 4) is 0 Å². The SMILES string of the molecule is O=C(CCc1c[nH]c2ccccc12)NC[C@H](c1ccc(F)cc1)N1CCOCC1. The topological polar surface area (TPSA) is 57.4 Å². The summed E-state index contributed by atoms with van der Waals surface area (Å²) in [6.07, 6.45) is 3.10. The van der Waals surface area contributed by atoms with Gasteiger partial charge in [0.2, 0.25) is 5.91 Å². The Morgan fingerprint density at radius 1 is 1.14 bits per heavy atom. The highest BCUT2D eigenvalue weighted by atomic mass is 19.1.